The number of piperidine rings is 1. The molecule has 2 saturated heterocycles. The fraction of sp³-hybridized carbons (Fsp3) is 0.520. The summed E-state index contributed by atoms with van der Waals surface area (Å²) in [6, 6.07) is 4.44. The zero-order valence-corrected chi connectivity index (χ0v) is 21.0. The van der Waals surface area contributed by atoms with Crippen molar-refractivity contribution in [3.8, 4) is 5.69 Å². The second-order valence-electron chi connectivity index (χ2n) is 10.4. The first-order valence-corrected chi connectivity index (χ1v) is 12.3. The van der Waals surface area contributed by atoms with E-state index in [4.69, 9.17) is 4.98 Å². The van der Waals surface area contributed by atoms with Crippen molar-refractivity contribution in [1.29, 1.82) is 0 Å². The predicted molar refractivity (Wildman–Crippen MR) is 133 cm³/mol. The molecule has 2 aliphatic heterocycles. The standard InChI is InChI=1S/C25H30F3N7O2/c1-24(2,37)15-7-11-34(12-8-15)20-18-14-29-35(17-6-4-5-16(13-17)25(26,27)28)21(18)32-23(31-20)30-19-9-10-33(3)22(19)36/h4-6,13-15,19,37H,7-12H2,1-3H3,(H,30,31,32)/t19-/m1/s1. The van der Waals surface area contributed by atoms with Gasteiger partial charge in [0.15, 0.2) is 5.65 Å². The summed E-state index contributed by atoms with van der Waals surface area (Å²) in [6.07, 6.45) is -0.830. The van der Waals surface area contributed by atoms with Crippen molar-refractivity contribution in [2.24, 2.45) is 5.92 Å². The number of aromatic nitrogens is 4. The van der Waals surface area contributed by atoms with E-state index in [1.165, 1.54) is 10.7 Å². The molecule has 1 aromatic carbocycles. The van der Waals surface area contributed by atoms with Crippen LogP contribution >= 0.6 is 0 Å². The molecule has 0 unspecified atom stereocenters. The number of halogens is 3. The van der Waals surface area contributed by atoms with Gasteiger partial charge in [0.05, 0.1) is 28.4 Å². The average molecular weight is 518 g/mol. The number of benzene rings is 1. The molecule has 37 heavy (non-hydrogen) atoms. The van der Waals surface area contributed by atoms with Crippen LogP contribution in [0.1, 0.15) is 38.7 Å². The van der Waals surface area contributed by atoms with Crippen LogP contribution in [0.5, 0.6) is 0 Å². The Morgan fingerprint density at radius 1 is 1.08 bits per heavy atom. The SMILES string of the molecule is CN1CC[C@@H](Nc2nc(N3CCC(C(C)(C)O)CC3)c3cnn(-c4cccc(C(F)(F)F)c4)c3n2)C1=O. The molecule has 1 amide bonds. The Bertz CT molecular complexity index is 1310. The minimum atomic E-state index is -4.49. The van der Waals surface area contributed by atoms with Crippen molar-refractivity contribution in [2.45, 2.75) is 50.9 Å². The number of carbonyl (C=O) groups excluding carboxylic acids is 1. The van der Waals surface area contributed by atoms with Crippen LogP contribution in [0.3, 0.4) is 0 Å². The Morgan fingerprint density at radius 2 is 1.81 bits per heavy atom. The molecule has 2 aliphatic rings. The Kier molecular flexibility index (Phi) is 6.25. The molecular formula is C25H30F3N7O2. The van der Waals surface area contributed by atoms with Crippen LogP contribution in [0.15, 0.2) is 30.5 Å². The molecular weight excluding hydrogens is 487 g/mol. The molecule has 0 spiro atoms. The van der Waals surface area contributed by atoms with Gasteiger partial charge in [-0.1, -0.05) is 6.07 Å². The van der Waals surface area contributed by atoms with Crippen molar-refractivity contribution in [1.82, 2.24) is 24.6 Å². The normalized spacial score (nSPS) is 19.8. The summed E-state index contributed by atoms with van der Waals surface area (Å²) in [5, 5.41) is 18.5. The summed E-state index contributed by atoms with van der Waals surface area (Å²) in [5.41, 5.74) is -1.01. The maximum atomic E-state index is 13.4. The molecule has 2 fully saturated rings. The van der Waals surface area contributed by atoms with E-state index in [-0.39, 0.29) is 23.5 Å². The van der Waals surface area contributed by atoms with Gasteiger partial charge in [0.2, 0.25) is 11.9 Å². The minimum absolute atomic E-state index is 0.0670. The highest BCUT2D eigenvalue weighted by Crippen LogP contribution is 2.35. The van der Waals surface area contributed by atoms with Gasteiger partial charge in [0, 0.05) is 26.7 Å². The highest BCUT2D eigenvalue weighted by Gasteiger charge is 2.34. The number of alkyl halides is 3. The number of carbonyl (C=O) groups is 1. The Labute approximate surface area is 212 Å². The molecule has 2 N–H and O–H groups in total. The lowest BCUT2D eigenvalue weighted by atomic mass is 9.83. The number of rotatable bonds is 5. The summed E-state index contributed by atoms with van der Waals surface area (Å²) >= 11 is 0. The van der Waals surface area contributed by atoms with Gasteiger partial charge in [0.1, 0.15) is 11.9 Å². The summed E-state index contributed by atoms with van der Waals surface area (Å²) in [5.74, 6) is 0.883. The Balaban J connectivity index is 1.56. The summed E-state index contributed by atoms with van der Waals surface area (Å²) in [4.78, 5) is 25.6. The van der Waals surface area contributed by atoms with Gasteiger partial charge in [-0.15, -0.1) is 0 Å². The lowest BCUT2D eigenvalue weighted by molar-refractivity contribution is -0.137. The third-order valence-corrected chi connectivity index (χ3v) is 7.35. The van der Waals surface area contributed by atoms with Crippen molar-refractivity contribution < 1.29 is 23.1 Å². The van der Waals surface area contributed by atoms with Crippen LogP contribution in [0.4, 0.5) is 24.9 Å². The van der Waals surface area contributed by atoms with E-state index in [1.54, 1.807) is 24.2 Å². The van der Waals surface area contributed by atoms with Crippen LogP contribution < -0.4 is 10.2 Å². The number of nitrogens with one attached hydrogen (secondary N) is 1. The smallest absolute Gasteiger partial charge is 0.390 e. The van der Waals surface area contributed by atoms with Crippen molar-refractivity contribution >= 4 is 28.7 Å². The first kappa shape index (κ1) is 25.2. The summed E-state index contributed by atoms with van der Waals surface area (Å²) < 4.78 is 41.5. The Hall–Kier alpha value is -3.41. The first-order chi connectivity index (χ1) is 17.4. The highest BCUT2D eigenvalue weighted by molar-refractivity contribution is 5.90. The summed E-state index contributed by atoms with van der Waals surface area (Å²) in [7, 11) is 1.73. The average Bonchev–Trinajstić information content (AvgIpc) is 3.41. The van der Waals surface area contributed by atoms with Gasteiger partial charge in [0.25, 0.3) is 0 Å². The lowest BCUT2D eigenvalue weighted by Crippen LogP contribution is -2.42. The first-order valence-electron chi connectivity index (χ1n) is 12.3. The van der Waals surface area contributed by atoms with Gasteiger partial charge in [-0.05, 0) is 57.2 Å². The van der Waals surface area contributed by atoms with Crippen LogP contribution in [0.2, 0.25) is 0 Å². The van der Waals surface area contributed by atoms with E-state index >= 15 is 0 Å². The molecule has 4 heterocycles. The fourth-order valence-corrected chi connectivity index (χ4v) is 5.11. The number of nitrogens with zero attached hydrogens (tertiary/aromatic N) is 6. The van der Waals surface area contributed by atoms with Gasteiger partial charge < -0.3 is 20.2 Å². The number of likely N-dealkylation sites (tertiary alicyclic amines) is 1. The Morgan fingerprint density at radius 3 is 2.43 bits per heavy atom. The van der Waals surface area contributed by atoms with Crippen LogP contribution in [-0.2, 0) is 11.0 Å². The molecule has 3 aromatic rings. The number of likely N-dealkylation sites (N-methyl/N-ethyl adjacent to an activating group) is 1. The fourth-order valence-electron chi connectivity index (χ4n) is 5.11. The van der Waals surface area contributed by atoms with E-state index < -0.39 is 23.4 Å². The number of hydrogen-bond acceptors (Lipinski definition) is 7. The molecule has 198 valence electrons. The lowest BCUT2D eigenvalue weighted by Gasteiger charge is -2.38. The number of anilines is 2. The van der Waals surface area contributed by atoms with Crippen molar-refractivity contribution in [2.75, 3.05) is 36.9 Å². The highest BCUT2D eigenvalue weighted by atomic mass is 19.4. The second kappa shape index (κ2) is 9.16. The number of fused-ring (bicyclic) bond motifs is 1. The van der Waals surface area contributed by atoms with Gasteiger partial charge in [-0.25, -0.2) is 4.68 Å². The maximum absolute atomic E-state index is 13.4. The number of amides is 1. The zero-order valence-electron chi connectivity index (χ0n) is 21.0. The largest absolute Gasteiger partial charge is 0.416 e. The van der Waals surface area contributed by atoms with Gasteiger partial charge >= 0.3 is 6.18 Å². The van der Waals surface area contributed by atoms with E-state index in [0.29, 0.717) is 42.9 Å². The molecule has 0 saturated carbocycles. The third-order valence-electron chi connectivity index (χ3n) is 7.35. The van der Waals surface area contributed by atoms with Crippen LogP contribution in [0.25, 0.3) is 16.7 Å². The van der Waals surface area contributed by atoms with Crippen LogP contribution in [0, 0.1) is 5.92 Å². The van der Waals surface area contributed by atoms with E-state index in [0.717, 1.165) is 25.0 Å². The van der Waals surface area contributed by atoms with Crippen molar-refractivity contribution in [3.63, 3.8) is 0 Å². The molecule has 9 nitrogen and oxygen atoms in total. The summed E-state index contributed by atoms with van der Waals surface area (Å²) in [6.45, 7) is 5.51. The molecule has 0 radical (unpaired) electrons. The molecule has 2 aromatic heterocycles. The zero-order chi connectivity index (χ0) is 26.5. The minimum Gasteiger partial charge on any atom is -0.390 e. The topological polar surface area (TPSA) is 99.4 Å². The third kappa shape index (κ3) is 4.94. The van der Waals surface area contributed by atoms with E-state index in [1.807, 2.05) is 13.8 Å². The molecule has 0 bridgehead atoms. The maximum Gasteiger partial charge on any atom is 0.416 e. The quantitative estimate of drug-likeness (QED) is 0.535. The predicted octanol–water partition coefficient (Wildman–Crippen LogP) is 3.46. The van der Waals surface area contributed by atoms with Crippen molar-refractivity contribution in [3.05, 3.63) is 36.0 Å². The van der Waals surface area contributed by atoms with Gasteiger partial charge in [-0.3, -0.25) is 4.79 Å². The molecule has 5 rings (SSSR count). The monoisotopic (exact) mass is 517 g/mol. The van der Waals surface area contributed by atoms with E-state index in [2.05, 4.69) is 20.3 Å². The number of aliphatic hydroxyl groups is 1. The molecule has 0 aliphatic carbocycles. The second-order valence-corrected chi connectivity index (χ2v) is 10.4. The van der Waals surface area contributed by atoms with Crippen LogP contribution in [-0.4, -0.2) is 74.0 Å². The number of hydrogen-bond donors (Lipinski definition) is 2. The molecule has 12 heteroatoms. The van der Waals surface area contributed by atoms with Gasteiger partial charge in [-0.2, -0.15) is 28.2 Å². The van der Waals surface area contributed by atoms with E-state index in [9.17, 15) is 23.1 Å². The molecule has 1 atom stereocenters.